The molecule has 1 fully saturated rings. The summed E-state index contributed by atoms with van der Waals surface area (Å²) in [7, 11) is 0. The summed E-state index contributed by atoms with van der Waals surface area (Å²) in [4.78, 5) is 11.2. The predicted octanol–water partition coefficient (Wildman–Crippen LogP) is 2.37. The normalized spacial score (nSPS) is 21.6. The van der Waals surface area contributed by atoms with Gasteiger partial charge in [0.15, 0.2) is 0 Å². The van der Waals surface area contributed by atoms with Gasteiger partial charge in [0, 0.05) is 25.1 Å². The van der Waals surface area contributed by atoms with E-state index < -0.39 is 0 Å². The van der Waals surface area contributed by atoms with Gasteiger partial charge in [-0.25, -0.2) is 9.97 Å². The van der Waals surface area contributed by atoms with Crippen molar-refractivity contribution in [1.82, 2.24) is 9.97 Å². The highest BCUT2D eigenvalue weighted by molar-refractivity contribution is 6.30. The average Bonchev–Trinajstić information content (AvgIpc) is 2.41. The van der Waals surface area contributed by atoms with Crippen LogP contribution in [0.3, 0.4) is 0 Å². The van der Waals surface area contributed by atoms with Crippen molar-refractivity contribution in [2.24, 2.45) is 0 Å². The Morgan fingerprint density at radius 2 is 2.14 bits per heavy atom. The molecule has 2 rings (SSSR count). The molecule has 0 bridgehead atoms. The molecule has 5 nitrogen and oxygen atoms in total. The second-order valence-electron chi connectivity index (χ2n) is 6.19. The van der Waals surface area contributed by atoms with Crippen LogP contribution in [0.15, 0.2) is 0 Å². The number of morpholine rings is 1. The van der Waals surface area contributed by atoms with Gasteiger partial charge in [-0.3, -0.25) is 0 Å². The minimum Gasteiger partial charge on any atom is -0.394 e. The van der Waals surface area contributed by atoms with Crippen LogP contribution in [0.4, 0.5) is 5.82 Å². The molecule has 21 heavy (non-hydrogen) atoms. The molecule has 0 aromatic carbocycles. The summed E-state index contributed by atoms with van der Waals surface area (Å²) in [5.74, 6) is 1.63. The van der Waals surface area contributed by atoms with Crippen LogP contribution in [0.2, 0.25) is 5.15 Å². The number of hydrogen-bond acceptors (Lipinski definition) is 5. The van der Waals surface area contributed by atoms with E-state index >= 15 is 0 Å². The molecule has 118 valence electrons. The van der Waals surface area contributed by atoms with Crippen LogP contribution in [-0.4, -0.2) is 46.5 Å². The quantitative estimate of drug-likeness (QED) is 0.865. The van der Waals surface area contributed by atoms with E-state index in [0.717, 1.165) is 30.0 Å². The van der Waals surface area contributed by atoms with Crippen molar-refractivity contribution >= 4 is 17.4 Å². The number of halogens is 1. The van der Waals surface area contributed by atoms with E-state index in [2.05, 4.69) is 21.8 Å². The number of nitrogens with zero attached hydrogens (tertiary/aromatic N) is 3. The second-order valence-corrected chi connectivity index (χ2v) is 6.55. The van der Waals surface area contributed by atoms with Gasteiger partial charge < -0.3 is 14.7 Å². The first kappa shape index (κ1) is 16.5. The van der Waals surface area contributed by atoms with Gasteiger partial charge in [-0.05, 0) is 27.2 Å². The summed E-state index contributed by atoms with van der Waals surface area (Å²) in [6.45, 7) is 9.39. The highest BCUT2D eigenvalue weighted by Crippen LogP contribution is 2.29. The summed E-state index contributed by atoms with van der Waals surface area (Å²) >= 11 is 6.26. The Hall–Kier alpha value is -0.910. The van der Waals surface area contributed by atoms with E-state index in [1.54, 1.807) is 0 Å². The number of ether oxygens (including phenoxy) is 1. The SMILES string of the molecule is CCCc1nc(Cl)c(C)c(N2CC(CO)OC(C)(C)C2)n1. The molecule has 2 heterocycles. The maximum Gasteiger partial charge on any atom is 0.137 e. The van der Waals surface area contributed by atoms with Gasteiger partial charge in [0.25, 0.3) is 0 Å². The molecular weight excluding hydrogens is 290 g/mol. The molecule has 0 radical (unpaired) electrons. The Balaban J connectivity index is 2.35. The summed E-state index contributed by atoms with van der Waals surface area (Å²) < 4.78 is 5.85. The molecule has 1 atom stereocenters. The second kappa shape index (κ2) is 6.46. The van der Waals surface area contributed by atoms with Crippen molar-refractivity contribution in [3.63, 3.8) is 0 Å². The Morgan fingerprint density at radius 3 is 2.76 bits per heavy atom. The number of rotatable bonds is 4. The molecule has 0 spiro atoms. The monoisotopic (exact) mass is 313 g/mol. The standard InChI is InChI=1S/C15H24ClN3O2/c1-5-6-12-17-13(16)10(2)14(18-12)19-7-11(8-20)21-15(3,4)9-19/h11,20H,5-9H2,1-4H3. The molecule has 0 saturated carbocycles. The zero-order valence-corrected chi connectivity index (χ0v) is 13.9. The van der Waals surface area contributed by atoms with Crippen molar-refractivity contribution in [3.8, 4) is 0 Å². The predicted molar refractivity (Wildman–Crippen MR) is 84.0 cm³/mol. The molecule has 1 N–H and O–H groups in total. The molecule has 0 amide bonds. The van der Waals surface area contributed by atoms with Gasteiger partial charge in [0.2, 0.25) is 0 Å². The smallest absolute Gasteiger partial charge is 0.137 e. The number of aryl methyl sites for hydroxylation is 1. The first-order chi connectivity index (χ1) is 9.86. The molecular formula is C15H24ClN3O2. The van der Waals surface area contributed by atoms with Crippen LogP contribution < -0.4 is 4.90 Å². The zero-order chi connectivity index (χ0) is 15.6. The largest absolute Gasteiger partial charge is 0.394 e. The van der Waals surface area contributed by atoms with E-state index in [-0.39, 0.29) is 18.3 Å². The minimum absolute atomic E-state index is 0.000386. The summed E-state index contributed by atoms with van der Waals surface area (Å²) in [6.07, 6.45) is 1.58. The third kappa shape index (κ3) is 3.84. The maximum atomic E-state index is 9.44. The van der Waals surface area contributed by atoms with Crippen molar-refractivity contribution < 1.29 is 9.84 Å². The van der Waals surface area contributed by atoms with E-state index in [9.17, 15) is 5.11 Å². The van der Waals surface area contributed by atoms with Crippen molar-refractivity contribution in [2.75, 3.05) is 24.6 Å². The first-order valence-corrected chi connectivity index (χ1v) is 7.80. The molecule has 1 aromatic heterocycles. The fraction of sp³-hybridized carbons (Fsp3) is 0.733. The number of aliphatic hydroxyl groups is 1. The van der Waals surface area contributed by atoms with Crippen LogP contribution in [0.1, 0.15) is 38.6 Å². The lowest BCUT2D eigenvalue weighted by Gasteiger charge is -2.43. The molecule has 6 heteroatoms. The Morgan fingerprint density at radius 1 is 1.43 bits per heavy atom. The summed E-state index contributed by atoms with van der Waals surface area (Å²) in [5.41, 5.74) is 0.548. The Labute approximate surface area is 131 Å². The minimum atomic E-state index is -0.333. The fourth-order valence-corrected chi connectivity index (χ4v) is 2.90. The third-order valence-electron chi connectivity index (χ3n) is 3.57. The number of anilines is 1. The molecule has 1 aliphatic heterocycles. The van der Waals surface area contributed by atoms with E-state index in [1.807, 2.05) is 20.8 Å². The average molecular weight is 314 g/mol. The van der Waals surface area contributed by atoms with Gasteiger partial charge in [-0.15, -0.1) is 0 Å². The fourth-order valence-electron chi connectivity index (χ4n) is 2.72. The topological polar surface area (TPSA) is 58.5 Å². The van der Waals surface area contributed by atoms with Gasteiger partial charge in [-0.1, -0.05) is 18.5 Å². The molecule has 1 unspecified atom stereocenters. The molecule has 1 aliphatic rings. The van der Waals surface area contributed by atoms with Crippen molar-refractivity contribution in [1.29, 1.82) is 0 Å². The lowest BCUT2D eigenvalue weighted by molar-refractivity contribution is -0.101. The van der Waals surface area contributed by atoms with Crippen LogP contribution in [0, 0.1) is 6.92 Å². The van der Waals surface area contributed by atoms with Crippen LogP contribution in [0.25, 0.3) is 0 Å². The third-order valence-corrected chi connectivity index (χ3v) is 3.93. The number of aliphatic hydroxyl groups excluding tert-OH is 1. The molecule has 1 saturated heterocycles. The van der Waals surface area contributed by atoms with E-state index in [0.29, 0.717) is 18.2 Å². The summed E-state index contributed by atoms with van der Waals surface area (Å²) in [5, 5.41) is 9.95. The first-order valence-electron chi connectivity index (χ1n) is 7.43. The number of hydrogen-bond donors (Lipinski definition) is 1. The lowest BCUT2D eigenvalue weighted by atomic mass is 10.0. The van der Waals surface area contributed by atoms with Gasteiger partial charge in [0.1, 0.15) is 16.8 Å². The maximum absolute atomic E-state index is 9.44. The number of aromatic nitrogens is 2. The Kier molecular flexibility index (Phi) is 5.07. The van der Waals surface area contributed by atoms with E-state index in [4.69, 9.17) is 16.3 Å². The lowest BCUT2D eigenvalue weighted by Crippen LogP contribution is -2.54. The molecule has 1 aromatic rings. The van der Waals surface area contributed by atoms with Crippen molar-refractivity contribution in [3.05, 3.63) is 16.5 Å². The van der Waals surface area contributed by atoms with Crippen LogP contribution in [0.5, 0.6) is 0 Å². The summed E-state index contributed by atoms with van der Waals surface area (Å²) in [6, 6.07) is 0. The highest BCUT2D eigenvalue weighted by Gasteiger charge is 2.34. The van der Waals surface area contributed by atoms with Crippen molar-refractivity contribution in [2.45, 2.75) is 52.2 Å². The van der Waals surface area contributed by atoms with Crippen LogP contribution >= 0.6 is 11.6 Å². The highest BCUT2D eigenvalue weighted by atomic mass is 35.5. The van der Waals surface area contributed by atoms with Crippen LogP contribution in [-0.2, 0) is 11.2 Å². The van der Waals surface area contributed by atoms with Gasteiger partial charge in [-0.2, -0.15) is 0 Å². The zero-order valence-electron chi connectivity index (χ0n) is 13.2. The van der Waals surface area contributed by atoms with Gasteiger partial charge in [0.05, 0.1) is 18.3 Å². The molecule has 0 aliphatic carbocycles. The van der Waals surface area contributed by atoms with Gasteiger partial charge >= 0.3 is 0 Å². The van der Waals surface area contributed by atoms with E-state index in [1.165, 1.54) is 0 Å². The Bertz CT molecular complexity index is 508.